The molecule has 0 spiro atoms. The van der Waals surface area contributed by atoms with Crippen LogP contribution in [-0.4, -0.2) is 40.2 Å². The van der Waals surface area contributed by atoms with Crippen molar-refractivity contribution >= 4 is 29.7 Å². The highest BCUT2D eigenvalue weighted by atomic mass is 32.2. The van der Waals surface area contributed by atoms with Crippen molar-refractivity contribution in [3.05, 3.63) is 17.0 Å². The van der Waals surface area contributed by atoms with Crippen molar-refractivity contribution in [3.63, 3.8) is 0 Å². The molecule has 0 radical (unpaired) electrons. The second kappa shape index (κ2) is 9.36. The zero-order valence-electron chi connectivity index (χ0n) is 15.1. The van der Waals surface area contributed by atoms with Gasteiger partial charge in [0.2, 0.25) is 0 Å². The summed E-state index contributed by atoms with van der Waals surface area (Å²) in [5, 5.41) is 2.62. The van der Waals surface area contributed by atoms with Gasteiger partial charge in [0, 0.05) is 17.8 Å². The van der Waals surface area contributed by atoms with Gasteiger partial charge in [-0.25, -0.2) is 14.8 Å². The van der Waals surface area contributed by atoms with Crippen molar-refractivity contribution in [3.8, 4) is 0 Å². The third-order valence-electron chi connectivity index (χ3n) is 3.53. The van der Waals surface area contributed by atoms with Crippen LogP contribution in [0.15, 0.2) is 5.16 Å². The van der Waals surface area contributed by atoms with E-state index in [1.54, 1.807) is 13.8 Å². The summed E-state index contributed by atoms with van der Waals surface area (Å²) in [5.74, 6) is -1.56. The number of aromatic nitrogens is 2. The van der Waals surface area contributed by atoms with Gasteiger partial charge >= 0.3 is 12.0 Å². The molecule has 3 N–H and O–H groups in total. The maximum Gasteiger partial charge on any atom is 0.318 e. The summed E-state index contributed by atoms with van der Waals surface area (Å²) < 4.78 is 5.22. The maximum atomic E-state index is 12.1. The number of ether oxygens (including phenoxy) is 1. The fourth-order valence-corrected chi connectivity index (χ4v) is 2.73. The SMILES string of the molecule is CSc1nc(C)c(CCC(=O)O[C@@H](C(=O)NC(N)=O)C(C)C)c(C)n1. The summed E-state index contributed by atoms with van der Waals surface area (Å²) >= 11 is 1.45. The Labute approximate surface area is 151 Å². The minimum absolute atomic E-state index is 0.0801. The highest BCUT2D eigenvalue weighted by Crippen LogP contribution is 2.18. The molecule has 1 rings (SSSR count). The topological polar surface area (TPSA) is 124 Å². The van der Waals surface area contributed by atoms with E-state index >= 15 is 0 Å². The van der Waals surface area contributed by atoms with Gasteiger partial charge in [-0.1, -0.05) is 25.6 Å². The first kappa shape index (κ1) is 20.9. The van der Waals surface area contributed by atoms with Gasteiger partial charge in [0.25, 0.3) is 5.91 Å². The van der Waals surface area contributed by atoms with Gasteiger partial charge in [0.1, 0.15) is 0 Å². The quantitative estimate of drug-likeness (QED) is 0.424. The third kappa shape index (κ3) is 6.33. The van der Waals surface area contributed by atoms with E-state index in [9.17, 15) is 14.4 Å². The molecule has 9 heteroatoms. The van der Waals surface area contributed by atoms with E-state index in [1.807, 2.05) is 25.4 Å². The molecular weight excluding hydrogens is 344 g/mol. The van der Waals surface area contributed by atoms with E-state index in [0.717, 1.165) is 17.0 Å². The van der Waals surface area contributed by atoms with Crippen molar-refractivity contribution < 1.29 is 19.1 Å². The molecule has 1 atom stereocenters. The van der Waals surface area contributed by atoms with E-state index in [4.69, 9.17) is 10.5 Å². The molecule has 1 aromatic heterocycles. The van der Waals surface area contributed by atoms with Gasteiger partial charge < -0.3 is 10.5 Å². The zero-order chi connectivity index (χ0) is 19.1. The van der Waals surface area contributed by atoms with Crippen molar-refractivity contribution in [2.75, 3.05) is 6.26 Å². The van der Waals surface area contributed by atoms with Crippen LogP contribution in [0.2, 0.25) is 0 Å². The number of hydrogen-bond acceptors (Lipinski definition) is 7. The average Bonchev–Trinajstić information content (AvgIpc) is 2.50. The van der Waals surface area contributed by atoms with Crippen molar-refractivity contribution in [2.24, 2.45) is 11.7 Å². The van der Waals surface area contributed by atoms with Gasteiger partial charge in [0.05, 0.1) is 0 Å². The number of thioether (sulfide) groups is 1. The minimum atomic E-state index is -1.07. The number of amides is 3. The van der Waals surface area contributed by atoms with Crippen LogP contribution in [0.5, 0.6) is 0 Å². The average molecular weight is 368 g/mol. The number of nitrogens with two attached hydrogens (primary N) is 1. The molecule has 0 aromatic carbocycles. The van der Waals surface area contributed by atoms with Crippen LogP contribution in [0.25, 0.3) is 0 Å². The summed E-state index contributed by atoms with van der Waals surface area (Å²) in [4.78, 5) is 43.5. The Bertz CT molecular complexity index is 641. The summed E-state index contributed by atoms with van der Waals surface area (Å²) in [6, 6.07) is -0.982. The van der Waals surface area contributed by atoms with E-state index < -0.39 is 24.0 Å². The molecule has 25 heavy (non-hydrogen) atoms. The van der Waals surface area contributed by atoms with Crippen LogP contribution in [0, 0.1) is 19.8 Å². The fraction of sp³-hybridized carbons (Fsp3) is 0.562. The summed E-state index contributed by atoms with van der Waals surface area (Å²) in [6.45, 7) is 7.15. The van der Waals surface area contributed by atoms with E-state index in [1.165, 1.54) is 11.8 Å². The zero-order valence-corrected chi connectivity index (χ0v) is 15.9. The standard InChI is InChI=1S/C16H24N4O4S/c1-8(2)13(14(22)20-15(17)23)24-12(21)7-6-11-9(3)18-16(25-5)19-10(11)4/h8,13H,6-7H2,1-5H3,(H3,17,20,22,23)/t13-/m1/s1. The highest BCUT2D eigenvalue weighted by molar-refractivity contribution is 7.98. The van der Waals surface area contributed by atoms with Gasteiger partial charge in [0.15, 0.2) is 11.3 Å². The number of hydrogen-bond donors (Lipinski definition) is 2. The molecule has 8 nitrogen and oxygen atoms in total. The van der Waals surface area contributed by atoms with Crippen LogP contribution in [0.4, 0.5) is 4.79 Å². The number of carbonyl (C=O) groups is 3. The molecule has 138 valence electrons. The Morgan fingerprint density at radius 1 is 1.20 bits per heavy atom. The Morgan fingerprint density at radius 3 is 2.20 bits per heavy atom. The van der Waals surface area contributed by atoms with Crippen molar-refractivity contribution in [1.29, 1.82) is 0 Å². The fourth-order valence-electron chi connectivity index (χ4n) is 2.27. The lowest BCUT2D eigenvalue weighted by Gasteiger charge is -2.20. The molecule has 0 saturated carbocycles. The Hall–Kier alpha value is -2.16. The molecule has 0 bridgehead atoms. The molecular formula is C16H24N4O4S. The van der Waals surface area contributed by atoms with E-state index in [-0.39, 0.29) is 12.3 Å². The van der Waals surface area contributed by atoms with Crippen LogP contribution in [0.1, 0.15) is 37.2 Å². The lowest BCUT2D eigenvalue weighted by Crippen LogP contribution is -2.45. The Morgan fingerprint density at radius 2 is 1.76 bits per heavy atom. The van der Waals surface area contributed by atoms with Gasteiger partial charge in [-0.3, -0.25) is 14.9 Å². The number of imide groups is 1. The molecule has 3 amide bonds. The first-order valence-corrected chi connectivity index (χ1v) is 9.06. The number of carbonyl (C=O) groups excluding carboxylic acids is 3. The smallest absolute Gasteiger partial charge is 0.318 e. The third-order valence-corrected chi connectivity index (χ3v) is 4.08. The molecule has 1 aromatic rings. The largest absolute Gasteiger partial charge is 0.452 e. The predicted molar refractivity (Wildman–Crippen MR) is 94.1 cm³/mol. The number of primary amides is 1. The minimum Gasteiger partial charge on any atom is -0.452 e. The molecule has 0 aliphatic rings. The second-order valence-electron chi connectivity index (χ2n) is 5.87. The highest BCUT2D eigenvalue weighted by Gasteiger charge is 2.27. The monoisotopic (exact) mass is 368 g/mol. The molecule has 0 fully saturated rings. The number of esters is 1. The van der Waals surface area contributed by atoms with Crippen molar-refractivity contribution in [2.45, 2.75) is 51.8 Å². The normalized spacial score (nSPS) is 11.9. The lowest BCUT2D eigenvalue weighted by molar-refractivity contribution is -0.158. The number of nitrogens with zero attached hydrogens (tertiary/aromatic N) is 2. The number of rotatable bonds is 7. The lowest BCUT2D eigenvalue weighted by atomic mass is 10.1. The second-order valence-corrected chi connectivity index (χ2v) is 6.64. The molecule has 0 aliphatic carbocycles. The van der Waals surface area contributed by atoms with Crippen LogP contribution >= 0.6 is 11.8 Å². The number of aryl methyl sites for hydroxylation is 2. The number of urea groups is 1. The Balaban J connectivity index is 2.73. The van der Waals surface area contributed by atoms with Gasteiger partial charge in [-0.2, -0.15) is 0 Å². The summed E-state index contributed by atoms with van der Waals surface area (Å²) in [6.07, 6.45) is 1.32. The number of nitrogens with one attached hydrogen (secondary N) is 1. The Kier molecular flexibility index (Phi) is 7.82. The van der Waals surface area contributed by atoms with Crippen LogP contribution in [0.3, 0.4) is 0 Å². The van der Waals surface area contributed by atoms with Crippen LogP contribution in [-0.2, 0) is 20.7 Å². The van der Waals surface area contributed by atoms with Crippen molar-refractivity contribution in [1.82, 2.24) is 15.3 Å². The maximum absolute atomic E-state index is 12.1. The van der Waals surface area contributed by atoms with Gasteiger partial charge in [-0.15, -0.1) is 0 Å². The molecule has 0 aliphatic heterocycles. The molecule has 1 heterocycles. The summed E-state index contributed by atoms with van der Waals surface area (Å²) in [5.41, 5.74) is 7.45. The van der Waals surface area contributed by atoms with Gasteiger partial charge in [-0.05, 0) is 38.0 Å². The molecule has 0 saturated heterocycles. The van der Waals surface area contributed by atoms with E-state index in [0.29, 0.717) is 11.6 Å². The predicted octanol–water partition coefficient (Wildman–Crippen LogP) is 1.51. The van der Waals surface area contributed by atoms with Crippen LogP contribution < -0.4 is 11.1 Å². The summed E-state index contributed by atoms with van der Waals surface area (Å²) in [7, 11) is 0. The first-order chi connectivity index (χ1) is 11.6. The first-order valence-electron chi connectivity index (χ1n) is 7.83. The van der Waals surface area contributed by atoms with E-state index in [2.05, 4.69) is 9.97 Å². The molecule has 0 unspecified atom stereocenters.